The molecule has 1 aliphatic rings. The maximum Gasteiger partial charge on any atom is 0.179 e. The van der Waals surface area contributed by atoms with Crippen molar-refractivity contribution in [1.29, 1.82) is 0 Å². The van der Waals surface area contributed by atoms with Crippen molar-refractivity contribution in [3.05, 3.63) is 65.2 Å². The predicted molar refractivity (Wildman–Crippen MR) is 102 cm³/mol. The molecule has 25 heavy (non-hydrogen) atoms. The van der Waals surface area contributed by atoms with Gasteiger partial charge in [-0.2, -0.15) is 0 Å². The molecule has 127 valence electrons. The summed E-state index contributed by atoms with van der Waals surface area (Å²) in [6, 6.07) is 17.2. The Balaban J connectivity index is 1.43. The van der Waals surface area contributed by atoms with Crippen LogP contribution in [-0.4, -0.2) is 18.1 Å². The van der Waals surface area contributed by atoms with E-state index in [-0.39, 0.29) is 5.75 Å². The highest BCUT2D eigenvalue weighted by atomic mass is 35.5. The van der Waals surface area contributed by atoms with Gasteiger partial charge in [-0.05, 0) is 67.1 Å². The second-order valence-electron chi connectivity index (χ2n) is 6.75. The van der Waals surface area contributed by atoms with E-state index in [0.29, 0.717) is 5.92 Å². The third-order valence-corrected chi connectivity index (χ3v) is 5.42. The van der Waals surface area contributed by atoms with E-state index in [1.165, 1.54) is 5.56 Å². The number of benzene rings is 2. The summed E-state index contributed by atoms with van der Waals surface area (Å²) in [6.07, 6.45) is 3.33. The van der Waals surface area contributed by atoms with E-state index >= 15 is 0 Å². The van der Waals surface area contributed by atoms with Crippen molar-refractivity contribution in [3.8, 4) is 5.75 Å². The Labute approximate surface area is 152 Å². The second-order valence-corrected chi connectivity index (χ2v) is 7.16. The number of aromatic nitrogens is 1. The molecule has 4 heteroatoms. The molecule has 1 aromatic heterocycles. The maximum atomic E-state index is 11.4. The Hall–Kier alpha value is -2.26. The van der Waals surface area contributed by atoms with Crippen LogP contribution >= 0.6 is 11.6 Å². The van der Waals surface area contributed by atoms with Gasteiger partial charge in [-0.1, -0.05) is 29.8 Å². The first-order valence-electron chi connectivity index (χ1n) is 8.75. The van der Waals surface area contributed by atoms with Crippen molar-refractivity contribution < 1.29 is 5.11 Å². The fourth-order valence-electron chi connectivity index (χ4n) is 3.61. The topological polar surface area (TPSA) is 36.0 Å². The fraction of sp³-hybridized carbons (Fsp3) is 0.286. The van der Waals surface area contributed by atoms with E-state index < -0.39 is 0 Å². The third-order valence-electron chi connectivity index (χ3n) is 5.05. The standard InChI is InChI=1S/C21H20ClN2O/c22-19-4-2-1-3-16(19)13-15-9-11-24(12-10-15)21-8-5-17-14-18(25)6-7-20(17)23-21/h1-8,14-15H,9-13H2. The van der Waals surface area contributed by atoms with Crippen LogP contribution < -0.4 is 4.90 Å². The third kappa shape index (κ3) is 3.57. The van der Waals surface area contributed by atoms with E-state index in [1.54, 1.807) is 12.1 Å². The zero-order chi connectivity index (χ0) is 17.2. The normalized spacial score (nSPS) is 15.6. The Kier molecular flexibility index (Phi) is 4.50. The molecule has 0 amide bonds. The molecular weight excluding hydrogens is 332 g/mol. The summed E-state index contributed by atoms with van der Waals surface area (Å²) in [7, 11) is 0. The molecule has 0 bridgehead atoms. The van der Waals surface area contributed by atoms with Crippen molar-refractivity contribution in [1.82, 2.24) is 4.98 Å². The first-order chi connectivity index (χ1) is 12.2. The smallest absolute Gasteiger partial charge is 0.179 e. The summed E-state index contributed by atoms with van der Waals surface area (Å²) in [4.78, 5) is 7.07. The Morgan fingerprint density at radius 3 is 2.64 bits per heavy atom. The second kappa shape index (κ2) is 6.93. The van der Waals surface area contributed by atoms with Gasteiger partial charge in [-0.3, -0.25) is 5.11 Å². The van der Waals surface area contributed by atoms with Crippen molar-refractivity contribution in [2.75, 3.05) is 18.0 Å². The van der Waals surface area contributed by atoms with Crippen LogP contribution in [0.2, 0.25) is 5.02 Å². The number of nitrogens with zero attached hydrogens (tertiary/aromatic N) is 2. The van der Waals surface area contributed by atoms with Gasteiger partial charge < -0.3 is 4.90 Å². The van der Waals surface area contributed by atoms with Crippen molar-refractivity contribution in [2.24, 2.45) is 5.92 Å². The summed E-state index contributed by atoms with van der Waals surface area (Å²) in [6.45, 7) is 2.01. The minimum atomic E-state index is 0.0300. The highest BCUT2D eigenvalue weighted by molar-refractivity contribution is 6.31. The summed E-state index contributed by atoms with van der Waals surface area (Å²) < 4.78 is 0. The Morgan fingerprint density at radius 2 is 1.84 bits per heavy atom. The minimum absolute atomic E-state index is 0.0300. The number of hydrogen-bond donors (Lipinski definition) is 0. The number of pyridine rings is 1. The van der Waals surface area contributed by atoms with Crippen molar-refractivity contribution in [3.63, 3.8) is 0 Å². The van der Waals surface area contributed by atoms with Gasteiger partial charge in [0.1, 0.15) is 5.82 Å². The number of fused-ring (bicyclic) bond motifs is 1. The van der Waals surface area contributed by atoms with Gasteiger partial charge in [-0.15, -0.1) is 0 Å². The van der Waals surface area contributed by atoms with Crippen LogP contribution in [0, 0.1) is 5.92 Å². The molecule has 1 saturated heterocycles. The monoisotopic (exact) mass is 351 g/mol. The maximum absolute atomic E-state index is 11.4. The number of rotatable bonds is 3. The van der Waals surface area contributed by atoms with Crippen LogP contribution in [0.15, 0.2) is 54.6 Å². The van der Waals surface area contributed by atoms with Gasteiger partial charge in [0.25, 0.3) is 0 Å². The fourth-order valence-corrected chi connectivity index (χ4v) is 3.82. The lowest BCUT2D eigenvalue weighted by Gasteiger charge is -2.33. The summed E-state index contributed by atoms with van der Waals surface area (Å²) >= 11 is 6.29. The molecule has 0 spiro atoms. The highest BCUT2D eigenvalue weighted by Gasteiger charge is 2.21. The molecule has 3 aromatic rings. The minimum Gasteiger partial charge on any atom is -0.357 e. The van der Waals surface area contributed by atoms with E-state index in [1.807, 2.05) is 30.3 Å². The molecule has 0 atom stereocenters. The number of hydrogen-bond acceptors (Lipinski definition) is 2. The lowest BCUT2D eigenvalue weighted by molar-refractivity contribution is 0.355. The molecule has 1 radical (unpaired) electrons. The molecular formula is C21H20ClN2O. The summed E-state index contributed by atoms with van der Waals surface area (Å²) in [5.74, 6) is 1.70. The van der Waals surface area contributed by atoms with Crippen LogP contribution in [0.25, 0.3) is 10.9 Å². The van der Waals surface area contributed by atoms with E-state index in [2.05, 4.69) is 17.0 Å². The van der Waals surface area contributed by atoms with Crippen LogP contribution in [0.3, 0.4) is 0 Å². The van der Waals surface area contributed by atoms with Gasteiger partial charge >= 0.3 is 0 Å². The number of piperidine rings is 1. The molecule has 4 rings (SSSR count). The van der Waals surface area contributed by atoms with Crippen LogP contribution in [0.1, 0.15) is 18.4 Å². The van der Waals surface area contributed by atoms with Gasteiger partial charge in [0.2, 0.25) is 0 Å². The zero-order valence-corrected chi connectivity index (χ0v) is 14.7. The molecule has 2 heterocycles. The average Bonchev–Trinajstić information content (AvgIpc) is 2.64. The summed E-state index contributed by atoms with van der Waals surface area (Å²) in [5, 5.41) is 13.2. The highest BCUT2D eigenvalue weighted by Crippen LogP contribution is 2.28. The number of anilines is 1. The molecule has 0 N–H and O–H groups in total. The molecule has 0 aliphatic carbocycles. The average molecular weight is 352 g/mol. The Morgan fingerprint density at radius 1 is 1.04 bits per heavy atom. The number of halogens is 1. The van der Waals surface area contributed by atoms with Gasteiger partial charge in [0.05, 0.1) is 5.52 Å². The van der Waals surface area contributed by atoms with Crippen LogP contribution in [0.4, 0.5) is 5.82 Å². The van der Waals surface area contributed by atoms with Gasteiger partial charge in [0.15, 0.2) is 5.75 Å². The molecule has 3 nitrogen and oxygen atoms in total. The summed E-state index contributed by atoms with van der Waals surface area (Å²) in [5.41, 5.74) is 2.13. The van der Waals surface area contributed by atoms with Gasteiger partial charge in [-0.25, -0.2) is 4.98 Å². The largest absolute Gasteiger partial charge is 0.357 e. The molecule has 0 saturated carbocycles. The van der Waals surface area contributed by atoms with E-state index in [4.69, 9.17) is 16.6 Å². The lowest BCUT2D eigenvalue weighted by atomic mass is 9.90. The SMILES string of the molecule is [O]c1ccc2nc(N3CCC(Cc4ccccc4Cl)CC3)ccc2c1. The van der Waals surface area contributed by atoms with Gasteiger partial charge in [0, 0.05) is 23.5 Å². The predicted octanol–water partition coefficient (Wildman–Crippen LogP) is 5.49. The molecule has 1 fully saturated rings. The lowest BCUT2D eigenvalue weighted by Crippen LogP contribution is -2.34. The first kappa shape index (κ1) is 16.2. The van der Waals surface area contributed by atoms with E-state index in [0.717, 1.165) is 54.1 Å². The van der Waals surface area contributed by atoms with Crippen LogP contribution in [-0.2, 0) is 11.5 Å². The molecule has 0 unspecified atom stereocenters. The molecule has 1 aliphatic heterocycles. The van der Waals surface area contributed by atoms with E-state index in [9.17, 15) is 5.11 Å². The van der Waals surface area contributed by atoms with Crippen molar-refractivity contribution in [2.45, 2.75) is 19.3 Å². The zero-order valence-electron chi connectivity index (χ0n) is 14.0. The molecule has 2 aromatic carbocycles. The van der Waals surface area contributed by atoms with Crippen molar-refractivity contribution >= 4 is 28.3 Å². The van der Waals surface area contributed by atoms with Crippen LogP contribution in [0.5, 0.6) is 5.75 Å². The quantitative estimate of drug-likeness (QED) is 0.625. The Bertz CT molecular complexity index is 888. The first-order valence-corrected chi connectivity index (χ1v) is 9.13.